The van der Waals surface area contributed by atoms with Crippen LogP contribution in [0.15, 0.2) is 71.5 Å². The van der Waals surface area contributed by atoms with Crippen molar-refractivity contribution >= 4 is 10.9 Å². The fourth-order valence-corrected chi connectivity index (χ4v) is 3.42. The van der Waals surface area contributed by atoms with Crippen LogP contribution in [-0.2, 0) is 0 Å². The van der Waals surface area contributed by atoms with Crippen LogP contribution in [0.5, 0.6) is 0 Å². The molecule has 0 radical (unpaired) electrons. The Bertz CT molecular complexity index is 1190. The molecule has 3 heteroatoms. The van der Waals surface area contributed by atoms with Crippen LogP contribution in [-0.4, -0.2) is 9.55 Å². The van der Waals surface area contributed by atoms with E-state index in [1.165, 1.54) is 5.56 Å². The summed E-state index contributed by atoms with van der Waals surface area (Å²) < 4.78 is 1.75. The number of hydrogen-bond donors (Lipinski definition) is 0. The van der Waals surface area contributed by atoms with Crippen molar-refractivity contribution in [1.29, 1.82) is 0 Å². The van der Waals surface area contributed by atoms with E-state index in [1.54, 1.807) is 4.57 Å². The Morgan fingerprint density at radius 1 is 0.808 bits per heavy atom. The van der Waals surface area contributed by atoms with Gasteiger partial charge in [-0.2, -0.15) is 0 Å². The smallest absolute Gasteiger partial charge is 0.266 e. The third-order valence-corrected chi connectivity index (χ3v) is 4.75. The molecule has 4 rings (SSSR count). The largest absolute Gasteiger partial charge is 0.268 e. The van der Waals surface area contributed by atoms with Crippen LogP contribution in [0.4, 0.5) is 0 Å². The fraction of sp³-hybridized carbons (Fsp3) is 0.130. The molecule has 0 aliphatic carbocycles. The predicted molar refractivity (Wildman–Crippen MR) is 107 cm³/mol. The van der Waals surface area contributed by atoms with Crippen molar-refractivity contribution < 1.29 is 0 Å². The number of aryl methyl sites for hydroxylation is 3. The zero-order valence-electron chi connectivity index (χ0n) is 15.2. The molecule has 0 aliphatic rings. The molecule has 0 atom stereocenters. The van der Waals surface area contributed by atoms with Gasteiger partial charge in [0, 0.05) is 5.56 Å². The second-order valence-corrected chi connectivity index (χ2v) is 6.70. The van der Waals surface area contributed by atoms with Crippen molar-refractivity contribution in [2.45, 2.75) is 20.8 Å². The Balaban J connectivity index is 2.16. The summed E-state index contributed by atoms with van der Waals surface area (Å²) in [4.78, 5) is 18.3. The van der Waals surface area contributed by atoms with Crippen LogP contribution in [0.2, 0.25) is 0 Å². The fourth-order valence-electron chi connectivity index (χ4n) is 3.42. The van der Waals surface area contributed by atoms with E-state index in [9.17, 15) is 4.79 Å². The molecule has 0 aliphatic heterocycles. The molecule has 1 aromatic heterocycles. The minimum Gasteiger partial charge on any atom is -0.268 e. The van der Waals surface area contributed by atoms with Gasteiger partial charge in [-0.05, 0) is 50.1 Å². The molecule has 3 nitrogen and oxygen atoms in total. The topological polar surface area (TPSA) is 34.9 Å². The molecular formula is C23H20N2O. The van der Waals surface area contributed by atoms with E-state index in [1.807, 2.05) is 74.5 Å². The summed E-state index contributed by atoms with van der Waals surface area (Å²) >= 11 is 0. The molecule has 0 unspecified atom stereocenters. The number of benzene rings is 3. The number of rotatable bonds is 2. The van der Waals surface area contributed by atoms with Gasteiger partial charge in [0.1, 0.15) is 5.82 Å². The lowest BCUT2D eigenvalue weighted by atomic mass is 10.1. The normalized spacial score (nSPS) is 11.0. The molecule has 0 saturated carbocycles. The van der Waals surface area contributed by atoms with Crippen molar-refractivity contribution in [3.8, 4) is 17.1 Å². The van der Waals surface area contributed by atoms with Crippen molar-refractivity contribution in [1.82, 2.24) is 9.55 Å². The van der Waals surface area contributed by atoms with Gasteiger partial charge in [-0.25, -0.2) is 4.98 Å². The first-order valence-electron chi connectivity index (χ1n) is 8.71. The van der Waals surface area contributed by atoms with E-state index in [0.29, 0.717) is 11.2 Å². The Morgan fingerprint density at radius 3 is 2.31 bits per heavy atom. The molecule has 0 spiro atoms. The first-order chi connectivity index (χ1) is 12.6. The molecule has 0 amide bonds. The van der Waals surface area contributed by atoms with Crippen LogP contribution < -0.4 is 5.56 Å². The second kappa shape index (κ2) is 6.26. The lowest BCUT2D eigenvalue weighted by Crippen LogP contribution is -2.23. The van der Waals surface area contributed by atoms with Crippen LogP contribution in [0.1, 0.15) is 16.7 Å². The third-order valence-electron chi connectivity index (χ3n) is 4.75. The molecular weight excluding hydrogens is 320 g/mol. The maximum absolute atomic E-state index is 13.4. The molecule has 0 saturated heterocycles. The highest BCUT2D eigenvalue weighted by atomic mass is 16.1. The van der Waals surface area contributed by atoms with Crippen molar-refractivity contribution in [3.63, 3.8) is 0 Å². The van der Waals surface area contributed by atoms with Gasteiger partial charge in [0.2, 0.25) is 0 Å². The molecule has 3 aromatic carbocycles. The highest BCUT2D eigenvalue weighted by Gasteiger charge is 2.16. The Labute approximate surface area is 152 Å². The number of fused-ring (bicyclic) bond motifs is 1. The summed E-state index contributed by atoms with van der Waals surface area (Å²) in [6.45, 7) is 6.13. The average Bonchev–Trinajstić information content (AvgIpc) is 2.63. The molecule has 0 fully saturated rings. The Hall–Kier alpha value is -3.20. The van der Waals surface area contributed by atoms with E-state index in [2.05, 4.69) is 13.0 Å². The summed E-state index contributed by atoms with van der Waals surface area (Å²) in [5.41, 5.74) is 5.84. The van der Waals surface area contributed by atoms with Crippen molar-refractivity contribution in [2.24, 2.45) is 0 Å². The van der Waals surface area contributed by atoms with Crippen LogP contribution in [0.25, 0.3) is 28.0 Å². The Morgan fingerprint density at radius 2 is 1.54 bits per heavy atom. The van der Waals surface area contributed by atoms with E-state index in [0.717, 1.165) is 27.9 Å². The highest BCUT2D eigenvalue weighted by molar-refractivity contribution is 5.81. The van der Waals surface area contributed by atoms with Gasteiger partial charge < -0.3 is 0 Å². The average molecular weight is 340 g/mol. The van der Waals surface area contributed by atoms with E-state index in [4.69, 9.17) is 4.98 Å². The monoisotopic (exact) mass is 340 g/mol. The summed E-state index contributed by atoms with van der Waals surface area (Å²) in [5.74, 6) is 0.679. The lowest BCUT2D eigenvalue weighted by molar-refractivity contribution is 0.961. The van der Waals surface area contributed by atoms with Gasteiger partial charge in [0.05, 0.1) is 16.6 Å². The summed E-state index contributed by atoms with van der Waals surface area (Å²) in [5, 5.41) is 0.629. The molecule has 128 valence electrons. The van der Waals surface area contributed by atoms with E-state index in [-0.39, 0.29) is 5.56 Å². The van der Waals surface area contributed by atoms with Crippen LogP contribution in [0.3, 0.4) is 0 Å². The minimum absolute atomic E-state index is 0.0409. The minimum atomic E-state index is -0.0409. The van der Waals surface area contributed by atoms with E-state index < -0.39 is 0 Å². The molecule has 1 heterocycles. The third kappa shape index (κ3) is 2.62. The van der Waals surface area contributed by atoms with Crippen LogP contribution >= 0.6 is 0 Å². The van der Waals surface area contributed by atoms with Crippen molar-refractivity contribution in [3.05, 3.63) is 93.8 Å². The molecule has 0 N–H and O–H groups in total. The Kier molecular flexibility index (Phi) is 3.92. The summed E-state index contributed by atoms with van der Waals surface area (Å²) in [6.07, 6.45) is 0. The zero-order valence-corrected chi connectivity index (χ0v) is 15.2. The van der Waals surface area contributed by atoms with Crippen molar-refractivity contribution in [2.75, 3.05) is 0 Å². The van der Waals surface area contributed by atoms with Gasteiger partial charge in [0.25, 0.3) is 5.56 Å². The van der Waals surface area contributed by atoms with Gasteiger partial charge in [-0.15, -0.1) is 0 Å². The lowest BCUT2D eigenvalue weighted by Gasteiger charge is -2.17. The first-order valence-corrected chi connectivity index (χ1v) is 8.71. The highest BCUT2D eigenvalue weighted by Crippen LogP contribution is 2.26. The summed E-state index contributed by atoms with van der Waals surface area (Å²) in [6, 6.07) is 21.7. The number of aromatic nitrogens is 2. The summed E-state index contributed by atoms with van der Waals surface area (Å²) in [7, 11) is 0. The second-order valence-electron chi connectivity index (χ2n) is 6.70. The van der Waals surface area contributed by atoms with Crippen LogP contribution in [0, 0.1) is 20.8 Å². The van der Waals surface area contributed by atoms with Gasteiger partial charge in [-0.1, -0.05) is 54.1 Å². The number of nitrogens with zero attached hydrogens (tertiary/aromatic N) is 2. The number of hydrogen-bond acceptors (Lipinski definition) is 2. The predicted octanol–water partition coefficient (Wildman–Crippen LogP) is 4.98. The first kappa shape index (κ1) is 16.3. The quantitative estimate of drug-likeness (QED) is 0.516. The maximum Gasteiger partial charge on any atom is 0.266 e. The van der Waals surface area contributed by atoms with Gasteiger partial charge in [-0.3, -0.25) is 9.36 Å². The maximum atomic E-state index is 13.4. The molecule has 26 heavy (non-hydrogen) atoms. The standard InChI is InChI=1S/C23H20N2O/c1-15-12-13-21(17(3)14-15)25-22(18-9-5-4-8-16(18)2)24-20-11-7-6-10-19(20)23(25)26/h4-14H,1-3H3. The van der Waals surface area contributed by atoms with Gasteiger partial charge >= 0.3 is 0 Å². The SMILES string of the molecule is Cc1ccc(-n2c(-c3ccccc3C)nc3ccccc3c2=O)c(C)c1. The van der Waals surface area contributed by atoms with Gasteiger partial charge in [0.15, 0.2) is 0 Å². The molecule has 4 aromatic rings. The van der Waals surface area contributed by atoms with E-state index >= 15 is 0 Å². The molecule has 0 bridgehead atoms. The number of para-hydroxylation sites is 1. The zero-order chi connectivity index (χ0) is 18.3.